The molecule has 0 aliphatic heterocycles. The van der Waals surface area contributed by atoms with Crippen LogP contribution in [0.3, 0.4) is 0 Å². The lowest BCUT2D eigenvalue weighted by Gasteiger charge is -2.03. The molecule has 0 amide bonds. The molecule has 1 aromatic rings. The van der Waals surface area contributed by atoms with Gasteiger partial charge in [0.25, 0.3) is 0 Å². The van der Waals surface area contributed by atoms with Crippen LogP contribution in [0.5, 0.6) is 11.5 Å². The van der Waals surface area contributed by atoms with Gasteiger partial charge in [-0.15, -0.1) is 10.1 Å². The summed E-state index contributed by atoms with van der Waals surface area (Å²) < 4.78 is 0. The zero-order chi connectivity index (χ0) is 12.8. The molecule has 0 unspecified atom stereocenters. The van der Waals surface area contributed by atoms with Crippen LogP contribution in [0, 0.1) is 10.1 Å². The summed E-state index contributed by atoms with van der Waals surface area (Å²) in [6, 6.07) is 3.58. The van der Waals surface area contributed by atoms with Crippen molar-refractivity contribution in [2.24, 2.45) is 0 Å². The maximum atomic E-state index is 10.3. The lowest BCUT2D eigenvalue weighted by molar-refractivity contribution is -0.832. The lowest BCUT2D eigenvalue weighted by Crippen LogP contribution is -2.04. The van der Waals surface area contributed by atoms with Crippen LogP contribution in [0.1, 0.15) is 5.56 Å². The molecule has 0 radical (unpaired) electrons. The van der Waals surface area contributed by atoms with E-state index in [2.05, 4.69) is 9.88 Å². The fourth-order valence-corrected chi connectivity index (χ4v) is 0.952. The van der Waals surface area contributed by atoms with E-state index in [-0.39, 0.29) is 17.1 Å². The third-order valence-corrected chi connectivity index (χ3v) is 1.60. The maximum Gasteiger partial charge on any atom is 0.331 e. The number of phenolic OH excluding ortho intramolecular Hbond substituents is 1. The molecule has 0 aromatic heterocycles. The fourth-order valence-electron chi connectivity index (χ4n) is 0.952. The van der Waals surface area contributed by atoms with Gasteiger partial charge in [-0.3, -0.25) is 0 Å². The van der Waals surface area contributed by atoms with Crippen molar-refractivity contribution in [2.45, 2.75) is 0 Å². The van der Waals surface area contributed by atoms with Gasteiger partial charge in [0, 0.05) is 11.6 Å². The zero-order valence-corrected chi connectivity index (χ0v) is 8.27. The molecule has 0 aliphatic rings. The van der Waals surface area contributed by atoms with Crippen LogP contribution in [0.4, 0.5) is 0 Å². The van der Waals surface area contributed by atoms with E-state index in [0.717, 1.165) is 12.2 Å². The summed E-state index contributed by atoms with van der Waals surface area (Å²) in [4.78, 5) is 28.1. The Bertz CT molecular complexity index is 468. The van der Waals surface area contributed by atoms with Gasteiger partial charge in [-0.1, -0.05) is 4.99 Å². The van der Waals surface area contributed by atoms with Crippen molar-refractivity contribution >= 4 is 12.0 Å². The predicted octanol–water partition coefficient (Wildman–Crippen LogP) is 0.992. The van der Waals surface area contributed by atoms with E-state index in [0.29, 0.717) is 0 Å². The van der Waals surface area contributed by atoms with Gasteiger partial charge in [-0.2, -0.15) is 0 Å². The largest absolute Gasteiger partial charge is 0.507 e. The molecular formula is C9H7NO7. The van der Waals surface area contributed by atoms with Gasteiger partial charge in [-0.05, 0) is 24.3 Å². The number of aliphatic carboxylic acids is 1. The minimum Gasteiger partial charge on any atom is -0.507 e. The first-order valence-corrected chi connectivity index (χ1v) is 4.22. The Hall–Kier alpha value is -2.77. The number of rotatable bonds is 5. The van der Waals surface area contributed by atoms with Crippen molar-refractivity contribution in [1.29, 1.82) is 0 Å². The maximum absolute atomic E-state index is 10.3. The molecule has 1 aromatic carbocycles. The van der Waals surface area contributed by atoms with E-state index in [9.17, 15) is 20.0 Å². The standard InChI is InChI=1S/C9H7NO7/c11-8-3-2-7(16-17-10(14)15)5-6(8)1-4-9(12)13/h1-5,11H,(H,12,13)/b4-1+. The highest BCUT2D eigenvalue weighted by molar-refractivity contribution is 5.86. The summed E-state index contributed by atoms with van der Waals surface area (Å²) in [5.41, 5.74) is 0.122. The van der Waals surface area contributed by atoms with Crippen molar-refractivity contribution < 1.29 is 30.0 Å². The molecule has 0 saturated carbocycles. The number of carbonyl (C=O) groups is 1. The average molecular weight is 241 g/mol. The summed E-state index contributed by atoms with van der Waals surface area (Å²) in [6.07, 6.45) is 1.91. The van der Waals surface area contributed by atoms with Crippen LogP contribution in [0.15, 0.2) is 24.3 Å². The van der Waals surface area contributed by atoms with E-state index in [1.165, 1.54) is 18.2 Å². The molecule has 0 fully saturated rings. The number of hydrogen-bond donors (Lipinski definition) is 2. The summed E-state index contributed by atoms with van der Waals surface area (Å²) >= 11 is 0. The quantitative estimate of drug-likeness (QED) is 0.341. The number of hydrogen-bond acceptors (Lipinski definition) is 6. The molecule has 1 rings (SSSR count). The molecule has 17 heavy (non-hydrogen) atoms. The number of nitrogens with zero attached hydrogens (tertiary/aromatic N) is 1. The van der Waals surface area contributed by atoms with Crippen molar-refractivity contribution in [2.75, 3.05) is 0 Å². The Kier molecular flexibility index (Phi) is 3.87. The number of carboxylic acids is 1. The molecule has 2 N–H and O–H groups in total. The van der Waals surface area contributed by atoms with Gasteiger partial charge in [-0.25, -0.2) is 4.79 Å². The zero-order valence-electron chi connectivity index (χ0n) is 8.27. The third kappa shape index (κ3) is 4.08. The second kappa shape index (κ2) is 5.35. The summed E-state index contributed by atoms with van der Waals surface area (Å²) in [5.74, 6) is -1.45. The van der Waals surface area contributed by atoms with Crippen LogP contribution in [0.2, 0.25) is 0 Å². The average Bonchev–Trinajstić information content (AvgIpc) is 2.26. The molecule has 0 aliphatic carbocycles. The molecule has 0 atom stereocenters. The van der Waals surface area contributed by atoms with E-state index < -0.39 is 11.1 Å². The Labute approximate surface area is 94.4 Å². The Morgan fingerprint density at radius 2 is 2.18 bits per heavy atom. The van der Waals surface area contributed by atoms with Crippen molar-refractivity contribution in [3.05, 3.63) is 40.0 Å². The van der Waals surface area contributed by atoms with Crippen molar-refractivity contribution in [3.8, 4) is 11.5 Å². The Balaban J connectivity index is 2.86. The predicted molar refractivity (Wildman–Crippen MR) is 53.5 cm³/mol. The molecule has 0 bridgehead atoms. The molecule has 8 nitrogen and oxygen atoms in total. The van der Waals surface area contributed by atoms with Gasteiger partial charge >= 0.3 is 11.1 Å². The van der Waals surface area contributed by atoms with Gasteiger partial charge < -0.3 is 15.1 Å². The number of phenols is 1. The normalized spacial score (nSPS) is 10.1. The Morgan fingerprint density at radius 1 is 1.47 bits per heavy atom. The van der Waals surface area contributed by atoms with Crippen LogP contribution in [-0.2, 0) is 9.78 Å². The van der Waals surface area contributed by atoms with Gasteiger partial charge in [0.2, 0.25) is 0 Å². The molecule has 0 spiro atoms. The van der Waals surface area contributed by atoms with Crippen LogP contribution in [0.25, 0.3) is 6.08 Å². The second-order valence-corrected chi connectivity index (χ2v) is 2.77. The van der Waals surface area contributed by atoms with Crippen molar-refractivity contribution in [3.63, 3.8) is 0 Å². The number of benzene rings is 1. The highest BCUT2D eigenvalue weighted by atomic mass is 17.3. The first kappa shape index (κ1) is 12.3. The summed E-state index contributed by atoms with van der Waals surface area (Å²) in [5, 5.41) is 26.5. The Morgan fingerprint density at radius 3 is 2.76 bits per heavy atom. The molecule has 8 heteroatoms. The summed E-state index contributed by atoms with van der Waals surface area (Å²) in [6.45, 7) is 0. The molecule has 0 heterocycles. The monoisotopic (exact) mass is 241 g/mol. The SMILES string of the molecule is O=C(O)/C=C/c1cc(OO[N+](=O)[O-])ccc1O. The van der Waals surface area contributed by atoms with Crippen molar-refractivity contribution in [1.82, 2.24) is 0 Å². The molecular weight excluding hydrogens is 234 g/mol. The molecule has 0 saturated heterocycles. The smallest absolute Gasteiger partial charge is 0.331 e. The topological polar surface area (TPSA) is 119 Å². The molecule has 90 valence electrons. The first-order chi connectivity index (χ1) is 7.99. The number of aromatic hydroxyl groups is 1. The van der Waals surface area contributed by atoms with Crippen LogP contribution >= 0.6 is 0 Å². The fraction of sp³-hybridized carbons (Fsp3) is 0. The van der Waals surface area contributed by atoms with E-state index in [1.807, 2.05) is 0 Å². The highest BCUT2D eigenvalue weighted by Gasteiger charge is 2.04. The van der Waals surface area contributed by atoms with Crippen LogP contribution < -0.4 is 4.89 Å². The van der Waals surface area contributed by atoms with Gasteiger partial charge in [0.05, 0.1) is 0 Å². The minimum absolute atomic E-state index is 0.0514. The van der Waals surface area contributed by atoms with Gasteiger partial charge in [0.15, 0.2) is 5.75 Å². The van der Waals surface area contributed by atoms with E-state index in [1.54, 1.807) is 0 Å². The third-order valence-electron chi connectivity index (χ3n) is 1.60. The minimum atomic E-state index is -1.20. The van der Waals surface area contributed by atoms with E-state index >= 15 is 0 Å². The number of carboxylic acid groups (broad SMARTS) is 1. The van der Waals surface area contributed by atoms with Gasteiger partial charge in [0.1, 0.15) is 5.75 Å². The summed E-state index contributed by atoms with van der Waals surface area (Å²) in [7, 11) is 0. The highest BCUT2D eigenvalue weighted by Crippen LogP contribution is 2.24. The van der Waals surface area contributed by atoms with Crippen LogP contribution in [-0.4, -0.2) is 21.3 Å². The van der Waals surface area contributed by atoms with E-state index in [4.69, 9.17) is 5.11 Å². The first-order valence-electron chi connectivity index (χ1n) is 4.22. The second-order valence-electron chi connectivity index (χ2n) is 2.77. The lowest BCUT2D eigenvalue weighted by atomic mass is 10.2.